The summed E-state index contributed by atoms with van der Waals surface area (Å²) < 4.78 is 5.18. The van der Waals surface area contributed by atoms with Crippen LogP contribution in [0.3, 0.4) is 0 Å². The first-order chi connectivity index (χ1) is 4.36. The molecule has 1 fully saturated rings. The minimum atomic E-state index is 0.468. The van der Waals surface area contributed by atoms with E-state index in [4.69, 9.17) is 4.74 Å². The van der Waals surface area contributed by atoms with Crippen molar-refractivity contribution in [2.24, 2.45) is 0 Å². The van der Waals surface area contributed by atoms with E-state index in [1.54, 1.807) is 7.11 Å². The van der Waals surface area contributed by atoms with Crippen LogP contribution in [0.2, 0.25) is 0 Å². The quantitative estimate of drug-likeness (QED) is 0.594. The SMILES string of the molecule is CC[C@H]1C[C@H](OC)CN1. The van der Waals surface area contributed by atoms with Crippen LogP contribution in [0.15, 0.2) is 0 Å². The zero-order valence-electron chi connectivity index (χ0n) is 6.18. The van der Waals surface area contributed by atoms with Gasteiger partial charge in [0.15, 0.2) is 0 Å². The predicted octanol–water partition coefficient (Wildman–Crippen LogP) is 0.773. The zero-order valence-corrected chi connectivity index (χ0v) is 6.18. The summed E-state index contributed by atoms with van der Waals surface area (Å²) in [7, 11) is 1.78. The van der Waals surface area contributed by atoms with Crippen LogP contribution in [0.1, 0.15) is 19.8 Å². The lowest BCUT2D eigenvalue weighted by atomic mass is 10.1. The van der Waals surface area contributed by atoms with Crippen molar-refractivity contribution in [2.75, 3.05) is 13.7 Å². The van der Waals surface area contributed by atoms with Gasteiger partial charge in [-0.25, -0.2) is 0 Å². The summed E-state index contributed by atoms with van der Waals surface area (Å²) in [5.74, 6) is 0. The Balaban J connectivity index is 2.20. The van der Waals surface area contributed by atoms with Gasteiger partial charge in [-0.3, -0.25) is 0 Å². The van der Waals surface area contributed by atoms with Crippen molar-refractivity contribution in [1.82, 2.24) is 5.32 Å². The van der Waals surface area contributed by atoms with Gasteiger partial charge in [0, 0.05) is 19.7 Å². The molecule has 0 radical (unpaired) electrons. The van der Waals surface area contributed by atoms with Crippen molar-refractivity contribution in [1.29, 1.82) is 0 Å². The molecule has 9 heavy (non-hydrogen) atoms. The van der Waals surface area contributed by atoms with E-state index in [-0.39, 0.29) is 0 Å². The summed E-state index contributed by atoms with van der Waals surface area (Å²) in [4.78, 5) is 0. The van der Waals surface area contributed by atoms with E-state index in [1.165, 1.54) is 12.8 Å². The fraction of sp³-hybridized carbons (Fsp3) is 1.00. The van der Waals surface area contributed by atoms with E-state index in [0.717, 1.165) is 6.54 Å². The second-order valence-corrected chi connectivity index (χ2v) is 2.61. The second-order valence-electron chi connectivity index (χ2n) is 2.61. The molecule has 1 aliphatic heterocycles. The molecular formula is C7H15NO. The van der Waals surface area contributed by atoms with Gasteiger partial charge in [-0.1, -0.05) is 6.92 Å². The first-order valence-electron chi connectivity index (χ1n) is 3.63. The molecule has 1 heterocycles. The molecule has 0 spiro atoms. The van der Waals surface area contributed by atoms with Gasteiger partial charge in [0.25, 0.3) is 0 Å². The third-order valence-electron chi connectivity index (χ3n) is 2.01. The van der Waals surface area contributed by atoms with E-state index < -0.39 is 0 Å². The molecule has 2 nitrogen and oxygen atoms in total. The zero-order chi connectivity index (χ0) is 6.69. The van der Waals surface area contributed by atoms with E-state index in [0.29, 0.717) is 12.1 Å². The highest BCUT2D eigenvalue weighted by atomic mass is 16.5. The smallest absolute Gasteiger partial charge is 0.0710 e. The lowest BCUT2D eigenvalue weighted by Crippen LogP contribution is -2.20. The molecule has 0 aromatic rings. The molecule has 0 unspecified atom stereocenters. The van der Waals surface area contributed by atoms with Gasteiger partial charge in [0.05, 0.1) is 6.10 Å². The van der Waals surface area contributed by atoms with Crippen molar-refractivity contribution >= 4 is 0 Å². The molecule has 1 saturated heterocycles. The first kappa shape index (κ1) is 7.03. The highest BCUT2D eigenvalue weighted by Gasteiger charge is 2.21. The minimum absolute atomic E-state index is 0.468. The topological polar surface area (TPSA) is 21.3 Å². The molecule has 1 N–H and O–H groups in total. The maximum atomic E-state index is 5.18. The average molecular weight is 129 g/mol. The Kier molecular flexibility index (Phi) is 2.49. The fourth-order valence-corrected chi connectivity index (χ4v) is 1.27. The summed E-state index contributed by atoms with van der Waals surface area (Å²) in [5.41, 5.74) is 0. The van der Waals surface area contributed by atoms with Crippen LogP contribution in [0, 0.1) is 0 Å². The second kappa shape index (κ2) is 3.18. The predicted molar refractivity (Wildman–Crippen MR) is 37.5 cm³/mol. The van der Waals surface area contributed by atoms with Crippen LogP contribution in [0.5, 0.6) is 0 Å². The molecule has 54 valence electrons. The first-order valence-corrected chi connectivity index (χ1v) is 3.63. The fourth-order valence-electron chi connectivity index (χ4n) is 1.27. The van der Waals surface area contributed by atoms with Crippen molar-refractivity contribution < 1.29 is 4.74 Å². The van der Waals surface area contributed by atoms with Gasteiger partial charge in [0.1, 0.15) is 0 Å². The number of hydrogen-bond acceptors (Lipinski definition) is 2. The normalized spacial score (nSPS) is 35.3. The van der Waals surface area contributed by atoms with Crippen molar-refractivity contribution in [3.05, 3.63) is 0 Å². The lowest BCUT2D eigenvalue weighted by Gasteiger charge is -2.04. The maximum absolute atomic E-state index is 5.18. The largest absolute Gasteiger partial charge is 0.380 e. The van der Waals surface area contributed by atoms with Crippen molar-refractivity contribution in [3.8, 4) is 0 Å². The summed E-state index contributed by atoms with van der Waals surface area (Å²) in [6, 6.07) is 0.704. The molecule has 0 amide bonds. The Morgan fingerprint density at radius 1 is 1.67 bits per heavy atom. The molecule has 2 heteroatoms. The van der Waals surface area contributed by atoms with E-state index in [1.807, 2.05) is 0 Å². The van der Waals surface area contributed by atoms with Gasteiger partial charge in [0.2, 0.25) is 0 Å². The Bertz CT molecular complexity index is 75.0. The summed E-state index contributed by atoms with van der Waals surface area (Å²) in [6.07, 6.45) is 2.88. The Labute approximate surface area is 56.6 Å². The molecule has 0 aromatic carbocycles. The number of rotatable bonds is 2. The minimum Gasteiger partial charge on any atom is -0.380 e. The van der Waals surface area contributed by atoms with E-state index in [9.17, 15) is 0 Å². The lowest BCUT2D eigenvalue weighted by molar-refractivity contribution is 0.117. The standard InChI is InChI=1S/C7H15NO/c1-3-6-4-7(9-2)5-8-6/h6-8H,3-5H2,1-2H3/t6-,7-/m0/s1. The molecule has 0 bridgehead atoms. The molecule has 0 saturated carbocycles. The molecule has 0 aromatic heterocycles. The molecular weight excluding hydrogens is 114 g/mol. The monoisotopic (exact) mass is 129 g/mol. The number of nitrogens with one attached hydrogen (secondary N) is 1. The Morgan fingerprint density at radius 2 is 2.44 bits per heavy atom. The third kappa shape index (κ3) is 1.66. The van der Waals surface area contributed by atoms with Crippen LogP contribution >= 0.6 is 0 Å². The van der Waals surface area contributed by atoms with Crippen molar-refractivity contribution in [3.63, 3.8) is 0 Å². The maximum Gasteiger partial charge on any atom is 0.0710 e. The number of hydrogen-bond donors (Lipinski definition) is 1. The van der Waals surface area contributed by atoms with E-state index >= 15 is 0 Å². The van der Waals surface area contributed by atoms with E-state index in [2.05, 4.69) is 12.2 Å². The Morgan fingerprint density at radius 3 is 2.78 bits per heavy atom. The molecule has 1 rings (SSSR count). The van der Waals surface area contributed by atoms with Crippen LogP contribution in [-0.2, 0) is 4.74 Å². The summed E-state index contributed by atoms with van der Waals surface area (Å²) in [6.45, 7) is 3.24. The van der Waals surface area contributed by atoms with Gasteiger partial charge >= 0.3 is 0 Å². The van der Waals surface area contributed by atoms with Crippen molar-refractivity contribution in [2.45, 2.75) is 31.9 Å². The average Bonchev–Trinajstić information content (AvgIpc) is 2.34. The Hall–Kier alpha value is -0.0800. The van der Waals surface area contributed by atoms with Gasteiger partial charge in [-0.2, -0.15) is 0 Å². The third-order valence-corrected chi connectivity index (χ3v) is 2.01. The summed E-state index contributed by atoms with van der Waals surface area (Å²) in [5, 5.41) is 3.38. The van der Waals surface area contributed by atoms with Crippen LogP contribution < -0.4 is 5.32 Å². The summed E-state index contributed by atoms with van der Waals surface area (Å²) >= 11 is 0. The van der Waals surface area contributed by atoms with Gasteiger partial charge in [-0.05, 0) is 12.8 Å². The van der Waals surface area contributed by atoms with Crippen LogP contribution in [-0.4, -0.2) is 25.8 Å². The highest BCUT2D eigenvalue weighted by Crippen LogP contribution is 2.11. The van der Waals surface area contributed by atoms with Crippen LogP contribution in [0.25, 0.3) is 0 Å². The molecule has 0 aliphatic carbocycles. The van der Waals surface area contributed by atoms with Gasteiger partial charge in [-0.15, -0.1) is 0 Å². The molecule has 2 atom stereocenters. The highest BCUT2D eigenvalue weighted by molar-refractivity contribution is 4.80. The number of methoxy groups -OCH3 is 1. The molecule has 1 aliphatic rings. The van der Waals surface area contributed by atoms with Crippen LogP contribution in [0.4, 0.5) is 0 Å². The van der Waals surface area contributed by atoms with Gasteiger partial charge < -0.3 is 10.1 Å². The number of ether oxygens (including phenoxy) is 1.